The zero-order valence-electron chi connectivity index (χ0n) is 15.4. The number of anilines is 1. The number of aryl methyl sites for hydroxylation is 1. The molecule has 1 amide bonds. The van der Waals surface area contributed by atoms with Gasteiger partial charge in [0.15, 0.2) is 27.0 Å². The van der Waals surface area contributed by atoms with Gasteiger partial charge < -0.3 is 14.2 Å². The highest BCUT2D eigenvalue weighted by Gasteiger charge is 2.12. The fourth-order valence-electron chi connectivity index (χ4n) is 2.80. The number of carbonyl (C=O) groups is 1. The lowest BCUT2D eigenvalue weighted by atomic mass is 10.1. The van der Waals surface area contributed by atoms with Crippen molar-refractivity contribution in [1.29, 1.82) is 0 Å². The highest BCUT2D eigenvalue weighted by molar-refractivity contribution is 9.10. The van der Waals surface area contributed by atoms with Crippen LogP contribution in [0.1, 0.15) is 27.6 Å². The molecule has 8 heteroatoms. The molecule has 146 valence electrons. The Morgan fingerprint density at radius 2 is 1.90 bits per heavy atom. The molecule has 0 aliphatic rings. The summed E-state index contributed by atoms with van der Waals surface area (Å²) in [5.41, 5.74) is 4.61. The fourth-order valence-corrected chi connectivity index (χ4v) is 3.32. The van der Waals surface area contributed by atoms with Crippen molar-refractivity contribution in [2.75, 3.05) is 5.32 Å². The van der Waals surface area contributed by atoms with Crippen molar-refractivity contribution in [3.8, 4) is 0 Å². The van der Waals surface area contributed by atoms with Crippen LogP contribution in [0.3, 0.4) is 0 Å². The van der Waals surface area contributed by atoms with Crippen LogP contribution >= 0.6 is 28.1 Å². The number of aromatic nitrogens is 1. The van der Waals surface area contributed by atoms with Crippen LogP contribution in [-0.2, 0) is 6.42 Å². The van der Waals surface area contributed by atoms with Gasteiger partial charge in [-0.1, -0.05) is 18.2 Å². The summed E-state index contributed by atoms with van der Waals surface area (Å²) in [5.74, 6) is 0.416. The van der Waals surface area contributed by atoms with Crippen LogP contribution in [0.25, 0.3) is 11.1 Å². The summed E-state index contributed by atoms with van der Waals surface area (Å²) in [4.78, 5) is 16.6. The molecule has 0 saturated carbocycles. The number of thiocarbonyl (C=S) groups is 1. The number of amides is 1. The lowest BCUT2D eigenvalue weighted by Crippen LogP contribution is -2.33. The monoisotopic (exact) mass is 469 g/mol. The molecule has 2 aromatic carbocycles. The number of carbonyl (C=O) groups excluding carboxylic acids is 1. The van der Waals surface area contributed by atoms with Crippen molar-refractivity contribution in [2.24, 2.45) is 0 Å². The first-order valence-corrected chi connectivity index (χ1v) is 9.99. The quantitative estimate of drug-likeness (QED) is 0.399. The molecule has 0 radical (unpaired) electrons. The molecule has 0 saturated heterocycles. The van der Waals surface area contributed by atoms with E-state index in [0.29, 0.717) is 17.0 Å². The molecule has 0 aliphatic carbocycles. The average Bonchev–Trinajstić information content (AvgIpc) is 3.28. The van der Waals surface area contributed by atoms with E-state index in [9.17, 15) is 4.79 Å². The van der Waals surface area contributed by atoms with Crippen LogP contribution in [0.5, 0.6) is 0 Å². The second kappa shape index (κ2) is 8.18. The zero-order valence-corrected chi connectivity index (χ0v) is 17.8. The Hall–Kier alpha value is -2.97. The summed E-state index contributed by atoms with van der Waals surface area (Å²) in [6, 6.07) is 16.8. The number of oxazole rings is 1. The van der Waals surface area contributed by atoms with Crippen LogP contribution in [0, 0.1) is 6.92 Å². The van der Waals surface area contributed by atoms with Crippen molar-refractivity contribution >= 4 is 56.0 Å². The molecule has 0 aliphatic heterocycles. The van der Waals surface area contributed by atoms with Gasteiger partial charge in [-0.05, 0) is 82.6 Å². The zero-order chi connectivity index (χ0) is 20.4. The molecule has 2 aromatic heterocycles. The SMILES string of the molecule is Cc1ccc2oc(Cc3ccc(NC(=S)NC(=O)c4ccc(Br)o4)cc3)nc2c1. The van der Waals surface area contributed by atoms with Crippen LogP contribution in [-0.4, -0.2) is 16.0 Å². The Labute approximate surface area is 180 Å². The Morgan fingerprint density at radius 3 is 2.62 bits per heavy atom. The third-order valence-corrected chi connectivity index (χ3v) is 4.81. The summed E-state index contributed by atoms with van der Waals surface area (Å²) >= 11 is 8.34. The van der Waals surface area contributed by atoms with E-state index in [1.54, 1.807) is 12.1 Å². The standard InChI is InChI=1S/C21H16BrN3O3S/c1-12-2-7-16-15(10-12)24-19(28-16)11-13-3-5-14(6-4-13)23-21(29)25-20(26)17-8-9-18(22)27-17/h2-10H,11H2,1H3,(H2,23,25,26,29). The minimum absolute atomic E-state index is 0.171. The largest absolute Gasteiger partial charge is 0.444 e. The number of hydrogen-bond acceptors (Lipinski definition) is 5. The molecule has 2 heterocycles. The maximum Gasteiger partial charge on any atom is 0.293 e. The molecule has 0 spiro atoms. The van der Waals surface area contributed by atoms with Gasteiger partial charge in [-0.2, -0.15) is 0 Å². The molecule has 6 nitrogen and oxygen atoms in total. The Morgan fingerprint density at radius 1 is 1.10 bits per heavy atom. The van der Waals surface area contributed by atoms with E-state index in [-0.39, 0.29) is 10.9 Å². The Balaban J connectivity index is 1.36. The van der Waals surface area contributed by atoms with E-state index in [1.165, 1.54) is 0 Å². The van der Waals surface area contributed by atoms with Crippen molar-refractivity contribution in [3.05, 3.63) is 82.0 Å². The number of benzene rings is 2. The summed E-state index contributed by atoms with van der Waals surface area (Å²) in [7, 11) is 0. The van der Waals surface area contributed by atoms with Gasteiger partial charge in [0.05, 0.1) is 0 Å². The first-order valence-electron chi connectivity index (χ1n) is 8.79. The molecule has 4 aromatic rings. The highest BCUT2D eigenvalue weighted by Crippen LogP contribution is 2.20. The number of furan rings is 1. The van der Waals surface area contributed by atoms with E-state index >= 15 is 0 Å². The van der Waals surface area contributed by atoms with Crippen LogP contribution in [0.4, 0.5) is 5.69 Å². The van der Waals surface area contributed by atoms with E-state index in [2.05, 4.69) is 31.5 Å². The van der Waals surface area contributed by atoms with Gasteiger partial charge in [0.2, 0.25) is 0 Å². The van der Waals surface area contributed by atoms with Gasteiger partial charge in [0.1, 0.15) is 5.52 Å². The minimum atomic E-state index is -0.420. The van der Waals surface area contributed by atoms with Gasteiger partial charge in [0, 0.05) is 12.1 Å². The van der Waals surface area contributed by atoms with Crippen LogP contribution < -0.4 is 10.6 Å². The maximum absolute atomic E-state index is 12.0. The minimum Gasteiger partial charge on any atom is -0.444 e. The second-order valence-corrected chi connectivity index (χ2v) is 7.65. The smallest absolute Gasteiger partial charge is 0.293 e. The molecular weight excluding hydrogens is 454 g/mol. The molecule has 0 bridgehead atoms. The molecular formula is C21H16BrN3O3S. The highest BCUT2D eigenvalue weighted by atomic mass is 79.9. The number of halogens is 1. The molecule has 0 atom stereocenters. The maximum atomic E-state index is 12.0. The third-order valence-electron chi connectivity index (χ3n) is 4.18. The number of nitrogens with one attached hydrogen (secondary N) is 2. The number of rotatable bonds is 4. The van der Waals surface area contributed by atoms with E-state index < -0.39 is 5.91 Å². The average molecular weight is 470 g/mol. The second-order valence-electron chi connectivity index (χ2n) is 6.46. The van der Waals surface area contributed by atoms with Gasteiger partial charge in [0.25, 0.3) is 5.91 Å². The normalized spacial score (nSPS) is 10.8. The topological polar surface area (TPSA) is 80.3 Å². The number of fused-ring (bicyclic) bond motifs is 1. The summed E-state index contributed by atoms with van der Waals surface area (Å²) in [6.07, 6.45) is 0.586. The first-order chi connectivity index (χ1) is 14.0. The number of nitrogens with zero attached hydrogens (tertiary/aromatic N) is 1. The van der Waals surface area contributed by atoms with E-state index in [4.69, 9.17) is 21.1 Å². The Kier molecular flexibility index (Phi) is 5.46. The summed E-state index contributed by atoms with van der Waals surface area (Å²) in [6.45, 7) is 2.03. The van der Waals surface area contributed by atoms with Gasteiger partial charge in [-0.3, -0.25) is 10.1 Å². The third kappa shape index (κ3) is 4.72. The Bertz CT molecular complexity index is 1200. The number of hydrogen-bond donors (Lipinski definition) is 2. The molecule has 0 unspecified atom stereocenters. The van der Waals surface area contributed by atoms with E-state index in [1.807, 2.05) is 49.4 Å². The van der Waals surface area contributed by atoms with Crippen molar-refractivity contribution in [3.63, 3.8) is 0 Å². The lowest BCUT2D eigenvalue weighted by molar-refractivity contribution is 0.0949. The van der Waals surface area contributed by atoms with Gasteiger partial charge >= 0.3 is 0 Å². The van der Waals surface area contributed by atoms with Crippen LogP contribution in [0.15, 0.2) is 68.1 Å². The van der Waals surface area contributed by atoms with Gasteiger partial charge in [-0.15, -0.1) is 0 Å². The molecule has 29 heavy (non-hydrogen) atoms. The molecule has 4 rings (SSSR count). The predicted octanol–water partition coefficient (Wildman–Crippen LogP) is 5.21. The predicted molar refractivity (Wildman–Crippen MR) is 118 cm³/mol. The summed E-state index contributed by atoms with van der Waals surface area (Å²) in [5, 5.41) is 5.73. The van der Waals surface area contributed by atoms with Crippen molar-refractivity contribution in [1.82, 2.24) is 10.3 Å². The summed E-state index contributed by atoms with van der Waals surface area (Å²) < 4.78 is 11.5. The lowest BCUT2D eigenvalue weighted by Gasteiger charge is -2.09. The van der Waals surface area contributed by atoms with E-state index in [0.717, 1.165) is 27.9 Å². The van der Waals surface area contributed by atoms with Crippen molar-refractivity contribution < 1.29 is 13.6 Å². The van der Waals surface area contributed by atoms with Crippen LogP contribution in [0.2, 0.25) is 0 Å². The van der Waals surface area contributed by atoms with Crippen molar-refractivity contribution in [2.45, 2.75) is 13.3 Å². The first kappa shape index (κ1) is 19.4. The fraction of sp³-hybridized carbons (Fsp3) is 0.0952. The van der Waals surface area contributed by atoms with Gasteiger partial charge in [-0.25, -0.2) is 4.98 Å². The molecule has 2 N–H and O–H groups in total. The molecule has 0 fully saturated rings.